The van der Waals surface area contributed by atoms with Gasteiger partial charge in [0.25, 0.3) is 10.0 Å². The van der Waals surface area contributed by atoms with E-state index in [0.717, 1.165) is 0 Å². The molecule has 6 heteroatoms. The van der Waals surface area contributed by atoms with Gasteiger partial charge in [0.15, 0.2) is 5.03 Å². The smallest absolute Gasteiger partial charge is 0.255 e. The molecule has 1 heterocycles. The number of nitrogens with zero attached hydrogens (tertiary/aromatic N) is 2. The van der Waals surface area contributed by atoms with Crippen molar-refractivity contribution in [3.05, 3.63) is 11.8 Å². The molecule has 0 atom stereocenters. The normalized spacial score (nSPS) is 13.2. The van der Waals surface area contributed by atoms with E-state index in [1.54, 1.807) is 7.05 Å². The molecule has 0 fully saturated rings. The average Bonchev–Trinajstić information content (AvgIpc) is 2.27. The lowest BCUT2D eigenvalue weighted by atomic mass is 9.93. The number of hydrogen-bond acceptors (Lipinski definition) is 3. The minimum atomic E-state index is -3.67. The van der Waals surface area contributed by atoms with E-state index in [0.29, 0.717) is 5.69 Å². The third-order valence-corrected chi connectivity index (χ3v) is 2.86. The molecule has 0 saturated carbocycles. The predicted molar refractivity (Wildman–Crippen MR) is 53.3 cm³/mol. The first kappa shape index (κ1) is 11.2. The summed E-state index contributed by atoms with van der Waals surface area (Å²) >= 11 is 0. The number of nitrogens with two attached hydrogens (primary N) is 1. The zero-order chi connectivity index (χ0) is 11.1. The van der Waals surface area contributed by atoms with E-state index in [9.17, 15) is 8.42 Å². The lowest BCUT2D eigenvalue weighted by Crippen LogP contribution is -2.16. The summed E-state index contributed by atoms with van der Waals surface area (Å²) in [6, 6.07) is 1.51. The van der Waals surface area contributed by atoms with E-state index in [4.69, 9.17) is 5.14 Å². The van der Waals surface area contributed by atoms with Crippen LogP contribution in [0, 0.1) is 0 Å². The number of primary sulfonamides is 1. The molecule has 5 nitrogen and oxygen atoms in total. The quantitative estimate of drug-likeness (QED) is 0.738. The largest absolute Gasteiger partial charge is 0.256 e. The van der Waals surface area contributed by atoms with Gasteiger partial charge < -0.3 is 0 Å². The molecule has 14 heavy (non-hydrogen) atoms. The van der Waals surface area contributed by atoms with Gasteiger partial charge in [-0.2, -0.15) is 5.10 Å². The Morgan fingerprint density at radius 3 is 2.14 bits per heavy atom. The van der Waals surface area contributed by atoms with Crippen molar-refractivity contribution >= 4 is 10.0 Å². The SMILES string of the molecule is Cn1nc(C(C)(C)C)cc1S(N)(=O)=O. The predicted octanol–water partition coefficient (Wildman–Crippen LogP) is 0.365. The lowest BCUT2D eigenvalue weighted by Gasteiger charge is -2.13. The summed E-state index contributed by atoms with van der Waals surface area (Å²) in [6.07, 6.45) is 0. The van der Waals surface area contributed by atoms with Gasteiger partial charge in [-0.15, -0.1) is 0 Å². The molecule has 1 aromatic rings. The summed E-state index contributed by atoms with van der Waals surface area (Å²) in [5.74, 6) is 0. The molecule has 0 bridgehead atoms. The Bertz CT molecular complexity index is 440. The highest BCUT2D eigenvalue weighted by Gasteiger charge is 2.22. The van der Waals surface area contributed by atoms with Gasteiger partial charge in [0, 0.05) is 18.5 Å². The van der Waals surface area contributed by atoms with Crippen molar-refractivity contribution in [2.24, 2.45) is 12.2 Å². The molecule has 80 valence electrons. The van der Waals surface area contributed by atoms with Crippen LogP contribution in [0.1, 0.15) is 26.5 Å². The third-order valence-electron chi connectivity index (χ3n) is 1.90. The molecule has 1 aromatic heterocycles. The molecule has 0 spiro atoms. The second-order valence-corrected chi connectivity index (χ2v) is 5.79. The molecule has 0 aromatic carbocycles. The summed E-state index contributed by atoms with van der Waals surface area (Å²) in [4.78, 5) is 0. The Morgan fingerprint density at radius 1 is 1.43 bits per heavy atom. The number of aryl methyl sites for hydroxylation is 1. The number of rotatable bonds is 1. The number of sulfonamides is 1. The molecule has 0 unspecified atom stereocenters. The third kappa shape index (κ3) is 2.13. The average molecular weight is 217 g/mol. The van der Waals surface area contributed by atoms with Crippen LogP contribution in [0.3, 0.4) is 0 Å². The van der Waals surface area contributed by atoms with Crippen LogP contribution in [0.4, 0.5) is 0 Å². The van der Waals surface area contributed by atoms with Crippen molar-refractivity contribution in [3.63, 3.8) is 0 Å². The van der Waals surface area contributed by atoms with E-state index in [2.05, 4.69) is 5.10 Å². The minimum Gasteiger partial charge on any atom is -0.256 e. The van der Waals surface area contributed by atoms with Crippen molar-refractivity contribution in [1.82, 2.24) is 9.78 Å². The van der Waals surface area contributed by atoms with E-state index in [-0.39, 0.29) is 10.4 Å². The van der Waals surface area contributed by atoms with Gasteiger partial charge in [0.2, 0.25) is 0 Å². The van der Waals surface area contributed by atoms with Crippen LogP contribution >= 0.6 is 0 Å². The van der Waals surface area contributed by atoms with Crippen molar-refractivity contribution in [2.75, 3.05) is 0 Å². The number of aromatic nitrogens is 2. The molecular formula is C8H15N3O2S. The van der Waals surface area contributed by atoms with Crippen LogP contribution in [-0.2, 0) is 22.5 Å². The molecule has 2 N–H and O–H groups in total. The van der Waals surface area contributed by atoms with E-state index in [1.807, 2.05) is 20.8 Å². The monoisotopic (exact) mass is 217 g/mol. The molecule has 0 aliphatic carbocycles. The Morgan fingerprint density at radius 2 is 1.93 bits per heavy atom. The Hall–Kier alpha value is -0.880. The Balaban J connectivity index is 3.33. The molecule has 0 saturated heterocycles. The topological polar surface area (TPSA) is 78.0 Å². The minimum absolute atomic E-state index is 0.0439. The van der Waals surface area contributed by atoms with Crippen LogP contribution in [0.25, 0.3) is 0 Å². The first-order valence-corrected chi connectivity index (χ1v) is 5.74. The molecule has 1 rings (SSSR count). The van der Waals surface area contributed by atoms with Crippen molar-refractivity contribution in [1.29, 1.82) is 0 Å². The summed E-state index contributed by atoms with van der Waals surface area (Å²) in [5.41, 5.74) is 0.532. The van der Waals surface area contributed by atoms with Crippen molar-refractivity contribution in [3.8, 4) is 0 Å². The summed E-state index contributed by atoms with van der Waals surface area (Å²) < 4.78 is 23.5. The van der Waals surface area contributed by atoms with E-state index >= 15 is 0 Å². The van der Waals surface area contributed by atoms with Gasteiger partial charge in [-0.1, -0.05) is 20.8 Å². The first-order chi connectivity index (χ1) is 6.12. The molecule has 0 aliphatic heterocycles. The molecular weight excluding hydrogens is 202 g/mol. The molecule has 0 aliphatic rings. The Kier molecular flexibility index (Phi) is 2.45. The highest BCUT2D eigenvalue weighted by atomic mass is 32.2. The van der Waals surface area contributed by atoms with Gasteiger partial charge >= 0.3 is 0 Å². The lowest BCUT2D eigenvalue weighted by molar-refractivity contribution is 0.545. The highest BCUT2D eigenvalue weighted by molar-refractivity contribution is 7.89. The van der Waals surface area contributed by atoms with Crippen LogP contribution in [-0.4, -0.2) is 18.2 Å². The maximum atomic E-state index is 11.1. The Labute approximate surface area is 84.0 Å². The highest BCUT2D eigenvalue weighted by Crippen LogP contribution is 2.22. The van der Waals surface area contributed by atoms with Gasteiger partial charge in [-0.05, 0) is 0 Å². The van der Waals surface area contributed by atoms with E-state index in [1.165, 1.54) is 10.7 Å². The van der Waals surface area contributed by atoms with Crippen LogP contribution in [0.15, 0.2) is 11.1 Å². The van der Waals surface area contributed by atoms with Gasteiger partial charge in [-0.3, -0.25) is 4.68 Å². The maximum Gasteiger partial charge on any atom is 0.255 e. The zero-order valence-corrected chi connectivity index (χ0v) is 9.59. The fourth-order valence-electron chi connectivity index (χ4n) is 1.08. The van der Waals surface area contributed by atoms with Gasteiger partial charge in [-0.25, -0.2) is 13.6 Å². The van der Waals surface area contributed by atoms with E-state index < -0.39 is 10.0 Å². The first-order valence-electron chi connectivity index (χ1n) is 4.19. The zero-order valence-electron chi connectivity index (χ0n) is 8.77. The molecule has 0 amide bonds. The number of hydrogen-bond donors (Lipinski definition) is 1. The van der Waals surface area contributed by atoms with Crippen LogP contribution in [0.5, 0.6) is 0 Å². The summed E-state index contributed by atoms with van der Waals surface area (Å²) in [7, 11) is -2.11. The standard InChI is InChI=1S/C8H15N3O2S/c1-8(2,3)6-5-7(11(4)10-6)14(9,12)13/h5H,1-4H3,(H2,9,12,13). The van der Waals surface area contributed by atoms with Gasteiger partial charge in [0.1, 0.15) is 0 Å². The van der Waals surface area contributed by atoms with Crippen molar-refractivity contribution < 1.29 is 8.42 Å². The second-order valence-electron chi connectivity index (χ2n) is 4.29. The maximum absolute atomic E-state index is 11.1. The fraction of sp³-hybridized carbons (Fsp3) is 0.625. The van der Waals surface area contributed by atoms with Gasteiger partial charge in [0.05, 0.1) is 5.69 Å². The summed E-state index contributed by atoms with van der Waals surface area (Å²) in [6.45, 7) is 5.88. The van der Waals surface area contributed by atoms with Crippen LogP contribution in [0.2, 0.25) is 0 Å². The van der Waals surface area contributed by atoms with Crippen LogP contribution < -0.4 is 5.14 Å². The molecule has 0 radical (unpaired) electrons. The summed E-state index contributed by atoms with van der Waals surface area (Å²) in [5, 5.41) is 9.18. The van der Waals surface area contributed by atoms with Crippen molar-refractivity contribution in [2.45, 2.75) is 31.2 Å². The second kappa shape index (κ2) is 3.06. The fourth-order valence-corrected chi connectivity index (χ4v) is 1.77.